The lowest BCUT2D eigenvalue weighted by Crippen LogP contribution is -2.00. The first-order valence-electron chi connectivity index (χ1n) is 5.93. The highest BCUT2D eigenvalue weighted by atomic mass is 15.0. The maximum Gasteiger partial charge on any atom is 0.148 e. The van der Waals surface area contributed by atoms with E-state index in [1.54, 1.807) is 18.3 Å². The van der Waals surface area contributed by atoms with Gasteiger partial charge in [-0.05, 0) is 29.7 Å². The van der Waals surface area contributed by atoms with Crippen LogP contribution in [0.2, 0.25) is 0 Å². The molecule has 0 bridgehead atoms. The molecule has 0 fully saturated rings. The molecule has 3 heteroatoms. The van der Waals surface area contributed by atoms with Gasteiger partial charge in [0.1, 0.15) is 11.9 Å². The van der Waals surface area contributed by atoms with E-state index in [0.29, 0.717) is 17.3 Å². The molecule has 0 aliphatic carbocycles. The Hall–Kier alpha value is -2.34. The first-order valence-corrected chi connectivity index (χ1v) is 5.93. The predicted octanol–water partition coefficient (Wildman–Crippen LogP) is 3.82. The zero-order chi connectivity index (χ0) is 13.0. The van der Waals surface area contributed by atoms with E-state index in [9.17, 15) is 0 Å². The molecule has 0 aliphatic heterocycles. The molecule has 0 unspecified atom stereocenters. The molecule has 90 valence electrons. The third-order valence-electron chi connectivity index (χ3n) is 2.76. The average molecular weight is 237 g/mol. The summed E-state index contributed by atoms with van der Waals surface area (Å²) in [6.45, 7) is 4.29. The molecule has 0 saturated heterocycles. The van der Waals surface area contributed by atoms with Crippen molar-refractivity contribution < 1.29 is 0 Å². The summed E-state index contributed by atoms with van der Waals surface area (Å²) in [7, 11) is 0. The van der Waals surface area contributed by atoms with E-state index in [0.717, 1.165) is 5.69 Å². The highest BCUT2D eigenvalue weighted by molar-refractivity contribution is 5.65. The third-order valence-corrected chi connectivity index (χ3v) is 2.76. The van der Waals surface area contributed by atoms with Gasteiger partial charge in [-0.1, -0.05) is 32.0 Å². The SMILES string of the molecule is CC(C)c1ccccc1Nc1ncccc1C#N. The van der Waals surface area contributed by atoms with Crippen LogP contribution in [0, 0.1) is 11.3 Å². The number of nitriles is 1. The van der Waals surface area contributed by atoms with E-state index >= 15 is 0 Å². The quantitative estimate of drug-likeness (QED) is 0.882. The van der Waals surface area contributed by atoms with Gasteiger partial charge in [-0.15, -0.1) is 0 Å². The lowest BCUT2D eigenvalue weighted by molar-refractivity contribution is 0.869. The monoisotopic (exact) mass is 237 g/mol. The number of para-hydroxylation sites is 1. The van der Waals surface area contributed by atoms with Crippen LogP contribution in [0.3, 0.4) is 0 Å². The van der Waals surface area contributed by atoms with Crippen LogP contribution in [0.15, 0.2) is 42.6 Å². The van der Waals surface area contributed by atoms with Crippen LogP contribution in [-0.4, -0.2) is 4.98 Å². The number of hydrogen-bond acceptors (Lipinski definition) is 3. The van der Waals surface area contributed by atoms with Crippen LogP contribution in [0.5, 0.6) is 0 Å². The van der Waals surface area contributed by atoms with E-state index in [1.807, 2.05) is 18.2 Å². The van der Waals surface area contributed by atoms with Gasteiger partial charge in [0.05, 0.1) is 5.56 Å². The highest BCUT2D eigenvalue weighted by Gasteiger charge is 2.08. The normalized spacial score (nSPS) is 10.1. The molecule has 1 aromatic carbocycles. The molecule has 2 rings (SSSR count). The van der Waals surface area contributed by atoms with Crippen molar-refractivity contribution in [1.29, 1.82) is 5.26 Å². The topological polar surface area (TPSA) is 48.7 Å². The molecule has 3 nitrogen and oxygen atoms in total. The van der Waals surface area contributed by atoms with Gasteiger partial charge in [0.15, 0.2) is 0 Å². The van der Waals surface area contributed by atoms with E-state index in [4.69, 9.17) is 5.26 Å². The second kappa shape index (κ2) is 5.33. The minimum absolute atomic E-state index is 0.419. The summed E-state index contributed by atoms with van der Waals surface area (Å²) in [5.41, 5.74) is 2.77. The standard InChI is InChI=1S/C15H15N3/c1-11(2)13-7-3-4-8-14(13)18-15-12(10-16)6-5-9-17-15/h3-9,11H,1-2H3,(H,17,18). The number of rotatable bonds is 3. The molecule has 0 aliphatic rings. The first kappa shape index (κ1) is 12.1. The number of anilines is 2. The summed E-state index contributed by atoms with van der Waals surface area (Å²) in [6.07, 6.45) is 1.68. The fraction of sp³-hybridized carbons (Fsp3) is 0.200. The maximum atomic E-state index is 9.04. The second-order valence-corrected chi connectivity index (χ2v) is 4.38. The fourth-order valence-electron chi connectivity index (χ4n) is 1.84. The van der Waals surface area contributed by atoms with Crippen LogP contribution < -0.4 is 5.32 Å². The Labute approximate surface area is 107 Å². The van der Waals surface area contributed by atoms with Gasteiger partial charge in [0, 0.05) is 11.9 Å². The van der Waals surface area contributed by atoms with E-state index < -0.39 is 0 Å². The van der Waals surface area contributed by atoms with Gasteiger partial charge in [-0.3, -0.25) is 0 Å². The number of aromatic nitrogens is 1. The van der Waals surface area contributed by atoms with Crippen LogP contribution >= 0.6 is 0 Å². The molecule has 0 saturated carbocycles. The Bertz CT molecular complexity index is 582. The zero-order valence-electron chi connectivity index (χ0n) is 10.5. The van der Waals surface area contributed by atoms with Gasteiger partial charge in [-0.25, -0.2) is 4.98 Å². The lowest BCUT2D eigenvalue weighted by Gasteiger charge is -2.14. The van der Waals surface area contributed by atoms with Crippen LogP contribution in [0.1, 0.15) is 30.9 Å². The highest BCUT2D eigenvalue weighted by Crippen LogP contribution is 2.27. The Kier molecular flexibility index (Phi) is 3.59. The van der Waals surface area contributed by atoms with Gasteiger partial charge in [-0.2, -0.15) is 5.26 Å². The van der Waals surface area contributed by atoms with Gasteiger partial charge in [0.25, 0.3) is 0 Å². The number of nitrogens with one attached hydrogen (secondary N) is 1. The molecule has 0 amide bonds. The summed E-state index contributed by atoms with van der Waals surface area (Å²) >= 11 is 0. The van der Waals surface area contributed by atoms with E-state index in [1.165, 1.54) is 5.56 Å². The van der Waals surface area contributed by atoms with Crippen molar-refractivity contribution in [2.24, 2.45) is 0 Å². The number of benzene rings is 1. The number of nitrogens with zero attached hydrogens (tertiary/aromatic N) is 2. The molecule has 2 aromatic rings. The minimum Gasteiger partial charge on any atom is -0.339 e. The Morgan fingerprint density at radius 3 is 2.67 bits per heavy atom. The maximum absolute atomic E-state index is 9.04. The second-order valence-electron chi connectivity index (χ2n) is 4.38. The van der Waals surface area contributed by atoms with E-state index in [2.05, 4.69) is 36.3 Å². The number of pyridine rings is 1. The molecular formula is C15H15N3. The summed E-state index contributed by atoms with van der Waals surface area (Å²) in [5, 5.41) is 12.3. The molecule has 1 aromatic heterocycles. The zero-order valence-corrected chi connectivity index (χ0v) is 10.5. The molecule has 0 spiro atoms. The Balaban J connectivity index is 2.38. The van der Waals surface area contributed by atoms with Crippen molar-refractivity contribution in [3.8, 4) is 6.07 Å². The third kappa shape index (κ3) is 2.49. The van der Waals surface area contributed by atoms with Crippen molar-refractivity contribution in [3.63, 3.8) is 0 Å². The Morgan fingerprint density at radius 1 is 1.17 bits per heavy atom. The minimum atomic E-state index is 0.419. The fourth-order valence-corrected chi connectivity index (χ4v) is 1.84. The molecule has 0 atom stereocenters. The van der Waals surface area contributed by atoms with Crippen molar-refractivity contribution in [1.82, 2.24) is 4.98 Å². The summed E-state index contributed by atoms with van der Waals surface area (Å²) in [6, 6.07) is 13.7. The average Bonchev–Trinajstić information content (AvgIpc) is 2.40. The van der Waals surface area contributed by atoms with Crippen LogP contribution in [0.4, 0.5) is 11.5 Å². The number of hydrogen-bond donors (Lipinski definition) is 1. The molecule has 1 heterocycles. The van der Waals surface area contributed by atoms with Crippen molar-refractivity contribution in [2.75, 3.05) is 5.32 Å². The van der Waals surface area contributed by atoms with Gasteiger partial charge in [0.2, 0.25) is 0 Å². The molecule has 1 N–H and O–H groups in total. The van der Waals surface area contributed by atoms with Crippen LogP contribution in [0.25, 0.3) is 0 Å². The smallest absolute Gasteiger partial charge is 0.148 e. The Morgan fingerprint density at radius 2 is 1.94 bits per heavy atom. The molecule has 0 radical (unpaired) electrons. The summed E-state index contributed by atoms with van der Waals surface area (Å²) in [4.78, 5) is 4.21. The molecule has 18 heavy (non-hydrogen) atoms. The first-order chi connectivity index (χ1) is 8.72. The van der Waals surface area contributed by atoms with Crippen molar-refractivity contribution in [3.05, 3.63) is 53.7 Å². The van der Waals surface area contributed by atoms with Crippen molar-refractivity contribution in [2.45, 2.75) is 19.8 Å². The van der Waals surface area contributed by atoms with E-state index in [-0.39, 0.29) is 0 Å². The van der Waals surface area contributed by atoms with Crippen molar-refractivity contribution >= 4 is 11.5 Å². The predicted molar refractivity (Wildman–Crippen MR) is 72.8 cm³/mol. The van der Waals surface area contributed by atoms with Gasteiger partial charge >= 0.3 is 0 Å². The lowest BCUT2D eigenvalue weighted by atomic mass is 10.0. The van der Waals surface area contributed by atoms with Gasteiger partial charge < -0.3 is 5.32 Å². The summed E-state index contributed by atoms with van der Waals surface area (Å²) in [5.74, 6) is 1.02. The summed E-state index contributed by atoms with van der Waals surface area (Å²) < 4.78 is 0. The largest absolute Gasteiger partial charge is 0.339 e. The molecular weight excluding hydrogens is 222 g/mol. The van der Waals surface area contributed by atoms with Crippen LogP contribution in [-0.2, 0) is 0 Å².